The summed E-state index contributed by atoms with van der Waals surface area (Å²) in [5.41, 5.74) is 2.23. The lowest BCUT2D eigenvalue weighted by atomic mass is 9.75. The molecule has 1 spiro atoms. The number of fused-ring (bicyclic) bond motifs is 7. The third kappa shape index (κ3) is 2.21. The number of amides is 3. The SMILES string of the molecule is CCN1C(=O)[C@]2(c3ccccc31)[C@@H]1C(=O)N(c3ccc(C)cc3Br)C(=O)[C@H]1[C@H]1CCCN12. The third-order valence-corrected chi connectivity index (χ3v) is 8.44. The van der Waals surface area contributed by atoms with Crippen LogP contribution in [0.2, 0.25) is 0 Å². The zero-order chi connectivity index (χ0) is 22.4. The van der Waals surface area contributed by atoms with Crippen LogP contribution >= 0.6 is 15.9 Å². The van der Waals surface area contributed by atoms with E-state index in [0.717, 1.165) is 36.2 Å². The molecule has 0 aromatic heterocycles. The fraction of sp³-hybridized carbons (Fsp3) is 0.400. The molecule has 3 saturated heterocycles. The standard InChI is InChI=1S/C25H24BrN3O3/c1-3-27-17-8-5-4-7-15(17)25(24(27)32)21-20(19-9-6-12-28(19)25)22(30)29(23(21)31)18-11-10-14(2)13-16(18)26/h4-5,7-8,10-11,13,19-21H,3,6,9,12H2,1-2H3/t19-,20+,21+,25+/m1/s1. The van der Waals surface area contributed by atoms with E-state index in [1.807, 2.05) is 56.3 Å². The van der Waals surface area contributed by atoms with Crippen molar-refractivity contribution in [3.8, 4) is 0 Å². The fourth-order valence-electron chi connectivity index (χ4n) is 6.69. The van der Waals surface area contributed by atoms with Gasteiger partial charge in [0.1, 0.15) is 5.54 Å². The first-order valence-corrected chi connectivity index (χ1v) is 12.0. The molecule has 4 aliphatic heterocycles. The van der Waals surface area contributed by atoms with Crippen LogP contribution in [0.15, 0.2) is 46.9 Å². The molecule has 7 heteroatoms. The Labute approximate surface area is 195 Å². The van der Waals surface area contributed by atoms with E-state index >= 15 is 0 Å². The van der Waals surface area contributed by atoms with Crippen molar-refractivity contribution in [2.24, 2.45) is 11.8 Å². The van der Waals surface area contributed by atoms with Crippen molar-refractivity contribution in [3.05, 3.63) is 58.1 Å². The molecule has 4 aliphatic rings. The van der Waals surface area contributed by atoms with Crippen LogP contribution in [0.3, 0.4) is 0 Å². The van der Waals surface area contributed by atoms with Gasteiger partial charge in [-0.15, -0.1) is 0 Å². The Morgan fingerprint density at radius 2 is 1.84 bits per heavy atom. The zero-order valence-corrected chi connectivity index (χ0v) is 19.6. The predicted molar refractivity (Wildman–Crippen MR) is 124 cm³/mol. The van der Waals surface area contributed by atoms with Crippen LogP contribution in [0.4, 0.5) is 11.4 Å². The molecule has 6 rings (SSSR count). The van der Waals surface area contributed by atoms with Crippen molar-refractivity contribution in [1.82, 2.24) is 4.90 Å². The van der Waals surface area contributed by atoms with Crippen LogP contribution in [0.1, 0.15) is 30.9 Å². The summed E-state index contributed by atoms with van der Waals surface area (Å²) < 4.78 is 0.713. The van der Waals surface area contributed by atoms with Crippen LogP contribution in [0, 0.1) is 18.8 Å². The molecule has 6 nitrogen and oxygen atoms in total. The number of carbonyl (C=O) groups excluding carboxylic acids is 3. The lowest BCUT2D eigenvalue weighted by Crippen LogP contribution is -2.56. The Balaban J connectivity index is 1.57. The van der Waals surface area contributed by atoms with Crippen molar-refractivity contribution in [3.63, 3.8) is 0 Å². The van der Waals surface area contributed by atoms with E-state index in [0.29, 0.717) is 16.7 Å². The average Bonchev–Trinajstić information content (AvgIpc) is 3.47. The molecule has 4 heterocycles. The molecule has 0 unspecified atom stereocenters. The number of imide groups is 1. The molecule has 164 valence electrons. The number of benzene rings is 2. The maximum absolute atomic E-state index is 14.1. The molecular formula is C25H24BrN3O3. The molecule has 0 aliphatic carbocycles. The minimum Gasteiger partial charge on any atom is -0.310 e. The van der Waals surface area contributed by atoms with Gasteiger partial charge >= 0.3 is 0 Å². The Kier molecular flexibility index (Phi) is 4.24. The smallest absolute Gasteiger partial charge is 0.253 e. The van der Waals surface area contributed by atoms with Gasteiger partial charge < -0.3 is 4.90 Å². The summed E-state index contributed by atoms with van der Waals surface area (Å²) in [5.74, 6) is -1.73. The highest BCUT2D eigenvalue weighted by Crippen LogP contribution is 2.62. The fourth-order valence-corrected chi connectivity index (χ4v) is 7.36. The molecule has 3 amide bonds. The molecule has 4 atom stereocenters. The van der Waals surface area contributed by atoms with E-state index in [2.05, 4.69) is 20.8 Å². The van der Waals surface area contributed by atoms with Gasteiger partial charge in [-0.05, 0) is 72.9 Å². The van der Waals surface area contributed by atoms with Gasteiger partial charge in [0, 0.05) is 28.3 Å². The lowest BCUT2D eigenvalue weighted by molar-refractivity contribution is -0.137. The maximum Gasteiger partial charge on any atom is 0.253 e. The second-order valence-electron chi connectivity index (χ2n) is 9.21. The van der Waals surface area contributed by atoms with Gasteiger partial charge in [-0.2, -0.15) is 0 Å². The largest absolute Gasteiger partial charge is 0.310 e. The van der Waals surface area contributed by atoms with Crippen molar-refractivity contribution < 1.29 is 14.4 Å². The zero-order valence-electron chi connectivity index (χ0n) is 18.0. The first kappa shape index (κ1) is 20.1. The summed E-state index contributed by atoms with van der Waals surface area (Å²) in [7, 11) is 0. The van der Waals surface area contributed by atoms with E-state index < -0.39 is 17.4 Å². The number of rotatable bonds is 2. The number of nitrogens with zero attached hydrogens (tertiary/aromatic N) is 3. The summed E-state index contributed by atoms with van der Waals surface area (Å²) in [6.07, 6.45) is 1.75. The number of hydrogen-bond acceptors (Lipinski definition) is 4. The van der Waals surface area contributed by atoms with Crippen LogP contribution in [0.5, 0.6) is 0 Å². The minimum absolute atomic E-state index is 0.0634. The monoisotopic (exact) mass is 493 g/mol. The van der Waals surface area contributed by atoms with Gasteiger partial charge in [0.15, 0.2) is 0 Å². The highest BCUT2D eigenvalue weighted by molar-refractivity contribution is 9.10. The Morgan fingerprint density at radius 3 is 2.59 bits per heavy atom. The van der Waals surface area contributed by atoms with Crippen molar-refractivity contribution >= 4 is 45.0 Å². The van der Waals surface area contributed by atoms with Crippen LogP contribution < -0.4 is 9.80 Å². The van der Waals surface area contributed by atoms with Gasteiger partial charge in [-0.25, -0.2) is 4.90 Å². The molecule has 2 aromatic rings. The molecule has 0 bridgehead atoms. The van der Waals surface area contributed by atoms with Crippen molar-refractivity contribution in [2.45, 2.75) is 38.3 Å². The number of anilines is 2. The van der Waals surface area contributed by atoms with Gasteiger partial charge in [0.05, 0.1) is 17.5 Å². The van der Waals surface area contributed by atoms with Gasteiger partial charge in [0.2, 0.25) is 11.8 Å². The number of para-hydroxylation sites is 1. The van der Waals surface area contributed by atoms with Crippen LogP contribution in [0.25, 0.3) is 0 Å². The topological polar surface area (TPSA) is 60.9 Å². The quantitative estimate of drug-likeness (QED) is 0.599. The summed E-state index contributed by atoms with van der Waals surface area (Å²) in [6, 6.07) is 13.3. The Morgan fingerprint density at radius 1 is 1.06 bits per heavy atom. The number of aryl methyl sites for hydroxylation is 1. The molecule has 32 heavy (non-hydrogen) atoms. The highest BCUT2D eigenvalue weighted by Gasteiger charge is 2.75. The molecule has 0 N–H and O–H groups in total. The van der Waals surface area contributed by atoms with E-state index in [-0.39, 0.29) is 23.8 Å². The molecule has 2 aromatic carbocycles. The number of carbonyl (C=O) groups is 3. The molecule has 0 radical (unpaired) electrons. The van der Waals surface area contributed by atoms with Crippen LogP contribution in [-0.2, 0) is 19.9 Å². The van der Waals surface area contributed by atoms with Gasteiger partial charge in [-0.1, -0.05) is 24.3 Å². The summed E-state index contributed by atoms with van der Waals surface area (Å²) in [6.45, 7) is 5.18. The molecule has 0 saturated carbocycles. The van der Waals surface area contributed by atoms with E-state index in [1.54, 1.807) is 4.90 Å². The third-order valence-electron chi connectivity index (χ3n) is 7.80. The Hall–Kier alpha value is -2.51. The normalized spacial score (nSPS) is 31.1. The van der Waals surface area contributed by atoms with E-state index in [4.69, 9.17) is 0 Å². The molecule has 3 fully saturated rings. The average molecular weight is 494 g/mol. The number of hydrogen-bond donors (Lipinski definition) is 0. The summed E-state index contributed by atoms with van der Waals surface area (Å²) in [4.78, 5) is 47.3. The van der Waals surface area contributed by atoms with Gasteiger partial charge in [-0.3, -0.25) is 19.3 Å². The predicted octanol–water partition coefficient (Wildman–Crippen LogP) is 3.60. The molecular weight excluding hydrogens is 470 g/mol. The van der Waals surface area contributed by atoms with Crippen LogP contribution in [-0.4, -0.2) is 41.8 Å². The van der Waals surface area contributed by atoms with Gasteiger partial charge in [0.25, 0.3) is 5.91 Å². The minimum atomic E-state index is -1.10. The summed E-state index contributed by atoms with van der Waals surface area (Å²) >= 11 is 3.55. The van der Waals surface area contributed by atoms with E-state index in [9.17, 15) is 14.4 Å². The van der Waals surface area contributed by atoms with E-state index in [1.165, 1.54) is 4.90 Å². The number of likely N-dealkylation sites (N-methyl/N-ethyl adjacent to an activating group) is 1. The second-order valence-corrected chi connectivity index (χ2v) is 10.1. The first-order chi connectivity index (χ1) is 15.4. The first-order valence-electron chi connectivity index (χ1n) is 11.2. The highest BCUT2D eigenvalue weighted by atomic mass is 79.9. The maximum atomic E-state index is 14.1. The second kappa shape index (κ2) is 6.75. The Bertz CT molecular complexity index is 1200. The lowest BCUT2D eigenvalue weighted by Gasteiger charge is -2.37. The van der Waals surface area contributed by atoms with Crippen molar-refractivity contribution in [1.29, 1.82) is 0 Å². The number of halogens is 1. The summed E-state index contributed by atoms with van der Waals surface area (Å²) in [5, 5.41) is 0. The van der Waals surface area contributed by atoms with Crippen molar-refractivity contribution in [2.75, 3.05) is 22.9 Å².